The van der Waals surface area contributed by atoms with Crippen LogP contribution in [0.1, 0.15) is 38.1 Å². The average Bonchev–Trinajstić information content (AvgIpc) is 2.57. The van der Waals surface area contributed by atoms with Gasteiger partial charge in [0.05, 0.1) is 17.9 Å². The van der Waals surface area contributed by atoms with Gasteiger partial charge in [0.15, 0.2) is 0 Å². The van der Waals surface area contributed by atoms with Gasteiger partial charge < -0.3 is 24.7 Å². The van der Waals surface area contributed by atoms with Gasteiger partial charge in [0, 0.05) is 0 Å². The van der Waals surface area contributed by atoms with Gasteiger partial charge in [0.1, 0.15) is 24.0 Å². The Bertz CT molecular complexity index is 745. The van der Waals surface area contributed by atoms with E-state index in [2.05, 4.69) is 10.3 Å². The van der Waals surface area contributed by atoms with Crippen LogP contribution in [0.5, 0.6) is 5.75 Å². The smallest absolute Gasteiger partial charge is 0.547 e. The predicted octanol–water partition coefficient (Wildman–Crippen LogP) is -1.02. The van der Waals surface area contributed by atoms with Crippen molar-refractivity contribution in [3.63, 3.8) is 0 Å². The number of alkyl carbamates (subject to hydrolysis) is 1. The molecule has 1 unspecified atom stereocenters. The van der Waals surface area contributed by atoms with Crippen molar-refractivity contribution in [2.45, 2.75) is 39.0 Å². The molecule has 0 saturated carbocycles. The standard InChI is InChI=1S/C19H22N2O5.Li/c1-19(2,3)26-18(24)21-16(17(22)23)15-10-9-14(11-20-15)25-12-13-7-5-4-6-8-13;/h4-11,16H,12H2,1-3H3,(H,21,24)(H,22,23);/q;+1/p-1. The molecule has 8 heteroatoms. The van der Waals surface area contributed by atoms with Crippen molar-refractivity contribution in [2.24, 2.45) is 0 Å². The Labute approximate surface area is 170 Å². The molecular weight excluding hydrogens is 343 g/mol. The van der Waals surface area contributed by atoms with Gasteiger partial charge in [-0.1, -0.05) is 30.3 Å². The first-order valence-corrected chi connectivity index (χ1v) is 8.07. The normalized spacial score (nSPS) is 11.7. The zero-order valence-corrected chi connectivity index (χ0v) is 15.9. The molecule has 0 saturated heterocycles. The van der Waals surface area contributed by atoms with Gasteiger partial charge in [-0.2, -0.15) is 0 Å². The van der Waals surface area contributed by atoms with E-state index in [1.807, 2.05) is 30.3 Å². The fourth-order valence-electron chi connectivity index (χ4n) is 2.07. The topological polar surface area (TPSA) is 101 Å². The van der Waals surface area contributed by atoms with Gasteiger partial charge in [-0.3, -0.25) is 4.98 Å². The maximum absolute atomic E-state index is 11.8. The molecule has 27 heavy (non-hydrogen) atoms. The minimum atomic E-state index is -1.48. The van der Waals surface area contributed by atoms with E-state index in [0.29, 0.717) is 12.4 Å². The fraction of sp³-hybridized carbons (Fsp3) is 0.316. The van der Waals surface area contributed by atoms with Crippen LogP contribution in [0.4, 0.5) is 4.79 Å². The molecule has 0 radical (unpaired) electrons. The van der Waals surface area contributed by atoms with Gasteiger partial charge in [-0.15, -0.1) is 0 Å². The zero-order chi connectivity index (χ0) is 19.2. The molecule has 2 aromatic rings. The summed E-state index contributed by atoms with van der Waals surface area (Å²) in [7, 11) is 0. The Kier molecular flexibility index (Phi) is 8.35. The minimum absolute atomic E-state index is 0. The number of benzene rings is 1. The van der Waals surface area contributed by atoms with E-state index in [4.69, 9.17) is 9.47 Å². The number of rotatable bonds is 6. The third-order valence-corrected chi connectivity index (χ3v) is 3.20. The number of hydrogen-bond acceptors (Lipinski definition) is 6. The zero-order valence-electron chi connectivity index (χ0n) is 15.9. The van der Waals surface area contributed by atoms with Crippen LogP contribution in [-0.2, 0) is 16.1 Å². The Morgan fingerprint density at radius 3 is 2.33 bits per heavy atom. The van der Waals surface area contributed by atoms with Gasteiger partial charge in [-0.05, 0) is 38.5 Å². The molecule has 1 atom stereocenters. The average molecular weight is 364 g/mol. The van der Waals surface area contributed by atoms with Gasteiger partial charge in [0.25, 0.3) is 0 Å². The summed E-state index contributed by atoms with van der Waals surface area (Å²) in [5, 5.41) is 13.6. The number of aliphatic carboxylic acids is 1. The Balaban J connectivity index is 0.00000364. The van der Waals surface area contributed by atoms with E-state index in [9.17, 15) is 14.7 Å². The van der Waals surface area contributed by atoms with E-state index >= 15 is 0 Å². The summed E-state index contributed by atoms with van der Waals surface area (Å²) < 4.78 is 10.7. The molecular formula is C19H21LiN2O5. The van der Waals surface area contributed by atoms with Crippen LogP contribution >= 0.6 is 0 Å². The van der Waals surface area contributed by atoms with Crippen LogP contribution in [-0.4, -0.2) is 22.6 Å². The molecule has 0 bridgehead atoms. The van der Waals surface area contributed by atoms with Crippen molar-refractivity contribution < 1.29 is 43.0 Å². The van der Waals surface area contributed by atoms with E-state index in [1.165, 1.54) is 12.3 Å². The number of aromatic nitrogens is 1. The number of pyridine rings is 1. The molecule has 7 nitrogen and oxygen atoms in total. The summed E-state index contributed by atoms with van der Waals surface area (Å²) >= 11 is 0. The third kappa shape index (κ3) is 7.73. The number of carbonyl (C=O) groups excluding carboxylic acids is 2. The summed E-state index contributed by atoms with van der Waals surface area (Å²) in [4.78, 5) is 27.2. The van der Waals surface area contributed by atoms with Crippen molar-refractivity contribution >= 4 is 12.1 Å². The molecule has 1 heterocycles. The predicted molar refractivity (Wildman–Crippen MR) is 92.1 cm³/mol. The number of amides is 1. The number of carbonyl (C=O) groups is 2. The van der Waals surface area contributed by atoms with Gasteiger partial charge in [0.2, 0.25) is 0 Å². The quantitative estimate of drug-likeness (QED) is 0.659. The summed E-state index contributed by atoms with van der Waals surface area (Å²) in [6.07, 6.45) is 0.531. The van der Waals surface area contributed by atoms with E-state index in [1.54, 1.807) is 26.8 Å². The number of ether oxygens (including phenoxy) is 2. The Morgan fingerprint density at radius 1 is 1.15 bits per heavy atom. The van der Waals surface area contributed by atoms with Crippen LogP contribution in [0.3, 0.4) is 0 Å². The van der Waals surface area contributed by atoms with Crippen molar-refractivity contribution in [2.75, 3.05) is 0 Å². The number of carboxylic acids is 1. The van der Waals surface area contributed by atoms with E-state index in [0.717, 1.165) is 5.56 Å². The van der Waals surface area contributed by atoms with Crippen molar-refractivity contribution in [3.05, 3.63) is 59.9 Å². The van der Waals surface area contributed by atoms with Crippen molar-refractivity contribution in [1.29, 1.82) is 0 Å². The molecule has 1 aromatic heterocycles. The van der Waals surface area contributed by atoms with Gasteiger partial charge in [-0.25, -0.2) is 4.79 Å². The summed E-state index contributed by atoms with van der Waals surface area (Å²) in [6.45, 7) is 5.40. The largest absolute Gasteiger partial charge is 1.00 e. The van der Waals surface area contributed by atoms with Crippen LogP contribution in [0.2, 0.25) is 0 Å². The second-order valence-electron chi connectivity index (χ2n) is 6.59. The molecule has 0 aliphatic carbocycles. The number of hydrogen-bond donors (Lipinski definition) is 1. The van der Waals surface area contributed by atoms with Gasteiger partial charge >= 0.3 is 25.0 Å². The Morgan fingerprint density at radius 2 is 1.81 bits per heavy atom. The first kappa shape index (κ1) is 22.5. The first-order valence-electron chi connectivity index (χ1n) is 8.07. The van der Waals surface area contributed by atoms with Crippen LogP contribution in [0.15, 0.2) is 48.7 Å². The van der Waals surface area contributed by atoms with Crippen LogP contribution in [0.25, 0.3) is 0 Å². The molecule has 138 valence electrons. The summed E-state index contributed by atoms with van der Waals surface area (Å²) in [6, 6.07) is 11.2. The number of carboxylic acid groups (broad SMARTS) is 1. The van der Waals surface area contributed by atoms with E-state index in [-0.39, 0.29) is 24.6 Å². The molecule has 1 aromatic carbocycles. The summed E-state index contributed by atoms with van der Waals surface area (Å²) in [5.41, 5.74) is 0.363. The molecule has 0 spiro atoms. The maximum atomic E-state index is 11.8. The summed E-state index contributed by atoms with van der Waals surface area (Å²) in [5.74, 6) is -1.01. The first-order chi connectivity index (χ1) is 12.2. The number of nitrogens with zero attached hydrogens (tertiary/aromatic N) is 1. The third-order valence-electron chi connectivity index (χ3n) is 3.20. The van der Waals surface area contributed by atoms with Crippen molar-refractivity contribution in [1.82, 2.24) is 10.3 Å². The van der Waals surface area contributed by atoms with Crippen LogP contribution in [0, 0.1) is 0 Å². The molecule has 0 fully saturated rings. The molecule has 1 amide bonds. The van der Waals surface area contributed by atoms with Crippen LogP contribution < -0.4 is 34.0 Å². The second-order valence-corrected chi connectivity index (χ2v) is 6.59. The SMILES string of the molecule is CC(C)(C)OC(=O)NC(C(=O)[O-])c1ccc(OCc2ccccc2)cn1.[Li+]. The Hall–Kier alpha value is -2.49. The van der Waals surface area contributed by atoms with E-state index < -0.39 is 23.7 Å². The monoisotopic (exact) mass is 364 g/mol. The molecule has 0 aliphatic rings. The molecule has 1 N–H and O–H groups in total. The number of nitrogens with one attached hydrogen (secondary N) is 1. The maximum Gasteiger partial charge on any atom is 1.00 e. The molecule has 2 rings (SSSR count). The van der Waals surface area contributed by atoms with Crippen molar-refractivity contribution in [3.8, 4) is 5.75 Å². The minimum Gasteiger partial charge on any atom is -0.547 e. The second kappa shape index (κ2) is 10.0. The molecule has 0 aliphatic heterocycles. The fourth-order valence-corrected chi connectivity index (χ4v) is 2.07.